The van der Waals surface area contributed by atoms with Crippen LogP contribution in [0.3, 0.4) is 0 Å². The minimum atomic E-state index is 0.313. The van der Waals surface area contributed by atoms with E-state index in [2.05, 4.69) is 106 Å². The van der Waals surface area contributed by atoms with Gasteiger partial charge in [-0.25, -0.2) is 0 Å². The van der Waals surface area contributed by atoms with Gasteiger partial charge in [-0.15, -0.1) is 0 Å². The van der Waals surface area contributed by atoms with Crippen LogP contribution in [0.2, 0.25) is 0 Å². The maximum atomic E-state index is 2.62. The van der Waals surface area contributed by atoms with Crippen LogP contribution in [0.4, 0.5) is 0 Å². The Bertz CT molecular complexity index is 2380. The first kappa shape index (κ1) is 27.2. The Hall–Kier alpha value is -3.90. The fraction of sp³-hybridized carbons (Fsp3) is 0.348. The third kappa shape index (κ3) is 3.98. The zero-order valence-electron chi connectivity index (χ0n) is 27.7. The van der Waals surface area contributed by atoms with E-state index in [9.17, 15) is 0 Å². The van der Waals surface area contributed by atoms with Gasteiger partial charge in [-0.3, -0.25) is 0 Å². The Morgan fingerprint density at radius 3 is 2.26 bits per heavy atom. The Labute approximate surface area is 272 Å². The molecule has 0 radical (unpaired) electrons. The summed E-state index contributed by atoms with van der Waals surface area (Å²) in [5.74, 6) is 1.99. The molecule has 0 N–H and O–H groups in total. The smallest absolute Gasteiger partial charge is 0.00676 e. The molecular weight excluding hydrogens is 553 g/mol. The highest BCUT2D eigenvalue weighted by Crippen LogP contribution is 2.44. The van der Waals surface area contributed by atoms with Gasteiger partial charge in [0.25, 0.3) is 0 Å². The molecule has 4 aromatic carbocycles. The molecule has 0 aromatic heterocycles. The van der Waals surface area contributed by atoms with E-state index in [0.29, 0.717) is 23.2 Å². The van der Waals surface area contributed by atoms with Gasteiger partial charge in [0.05, 0.1) is 0 Å². The Balaban J connectivity index is 1.07. The van der Waals surface area contributed by atoms with Gasteiger partial charge in [-0.2, -0.15) is 0 Å². The van der Waals surface area contributed by atoms with Crippen molar-refractivity contribution >= 4 is 50.9 Å². The molecule has 4 aromatic rings. The molecule has 46 heavy (non-hydrogen) atoms. The second-order valence-electron chi connectivity index (χ2n) is 16.2. The van der Waals surface area contributed by atoms with Crippen molar-refractivity contribution in [1.82, 2.24) is 0 Å². The van der Waals surface area contributed by atoms with Crippen LogP contribution >= 0.6 is 0 Å². The summed E-state index contributed by atoms with van der Waals surface area (Å²) in [7, 11) is 0. The number of hydrogen-bond donors (Lipinski definition) is 0. The summed E-state index contributed by atoms with van der Waals surface area (Å²) in [6.07, 6.45) is 23.8. The molecule has 0 saturated carbocycles. The van der Waals surface area contributed by atoms with Gasteiger partial charge < -0.3 is 0 Å². The van der Waals surface area contributed by atoms with Gasteiger partial charge in [0.15, 0.2) is 0 Å². The maximum absolute atomic E-state index is 2.62. The van der Waals surface area contributed by atoms with Crippen LogP contribution in [0.1, 0.15) is 107 Å². The molecule has 0 nitrogen and oxygen atoms in total. The van der Waals surface area contributed by atoms with Crippen molar-refractivity contribution in [2.75, 3.05) is 0 Å². The van der Waals surface area contributed by atoms with Crippen LogP contribution in [0.25, 0.3) is 50.9 Å². The number of benzene rings is 4. The summed E-state index contributed by atoms with van der Waals surface area (Å²) in [6, 6.07) is 21.4. The van der Waals surface area contributed by atoms with E-state index in [4.69, 9.17) is 0 Å². The van der Waals surface area contributed by atoms with Crippen LogP contribution in [0, 0.1) is 11.3 Å². The monoisotopic (exact) mass is 596 g/mol. The lowest BCUT2D eigenvalue weighted by Crippen LogP contribution is -2.33. The van der Waals surface area contributed by atoms with E-state index in [1.54, 1.807) is 49.6 Å². The van der Waals surface area contributed by atoms with Crippen molar-refractivity contribution < 1.29 is 0 Å². The predicted octanol–water partition coefficient (Wildman–Crippen LogP) is 9.21. The highest BCUT2D eigenvalue weighted by molar-refractivity contribution is 5.93. The largest absolute Gasteiger partial charge is 0.0760 e. The molecule has 6 aliphatic carbocycles. The zero-order chi connectivity index (χ0) is 30.7. The Morgan fingerprint density at radius 1 is 0.630 bits per heavy atom. The standard InChI is InChI=1S/C46H44/c1-46(2,3)37-25-35-14-9-30-16-20-39(41-22-18-36(26-37)43(35)45(30)41)34-13-11-31-23-33(12-10-32(31)24-34)38-19-15-29-8-7-27-5-4-6-28-17-21-40(38)44(29)42(27)28/h4-7,9,14,16-17,20-25,29,36-37H,8,10-13,15,18-19,26H2,1-3H3. The second kappa shape index (κ2) is 9.80. The van der Waals surface area contributed by atoms with E-state index in [1.807, 2.05) is 0 Å². The van der Waals surface area contributed by atoms with Crippen molar-refractivity contribution in [2.24, 2.45) is 11.3 Å². The summed E-state index contributed by atoms with van der Waals surface area (Å²) >= 11 is 0. The average molecular weight is 597 g/mol. The van der Waals surface area contributed by atoms with Gasteiger partial charge in [0, 0.05) is 0 Å². The van der Waals surface area contributed by atoms with Crippen LogP contribution in [-0.2, 0) is 0 Å². The van der Waals surface area contributed by atoms with E-state index >= 15 is 0 Å². The van der Waals surface area contributed by atoms with E-state index < -0.39 is 0 Å². The molecule has 0 fully saturated rings. The molecular formula is C46H44. The van der Waals surface area contributed by atoms with Gasteiger partial charge in [0.2, 0.25) is 0 Å². The molecule has 10 rings (SSSR count). The SMILES string of the molecule is CC(C)(C)C1C=c2ccc3ccc(C4=CC5=C(C=C(C6=c7ccc8cccc9c8c7C(CC=9)CC6)CC5)CC4)c4c3c2C(CC=4)C1. The van der Waals surface area contributed by atoms with Crippen molar-refractivity contribution in [1.29, 1.82) is 0 Å². The van der Waals surface area contributed by atoms with Gasteiger partial charge >= 0.3 is 0 Å². The number of allylic oxidation sites excluding steroid dienone is 6. The summed E-state index contributed by atoms with van der Waals surface area (Å²) in [6.45, 7) is 7.24. The van der Waals surface area contributed by atoms with Crippen molar-refractivity contribution in [3.8, 4) is 0 Å². The number of rotatable bonds is 2. The summed E-state index contributed by atoms with van der Waals surface area (Å²) in [5, 5.41) is 12.0. The molecule has 0 bridgehead atoms. The van der Waals surface area contributed by atoms with Crippen LogP contribution in [-0.4, -0.2) is 0 Å². The molecule has 0 spiro atoms. The normalized spacial score (nSPS) is 24.5. The number of hydrogen-bond acceptors (Lipinski definition) is 0. The average Bonchev–Trinajstić information content (AvgIpc) is 3.08. The molecule has 0 heterocycles. The molecule has 3 atom stereocenters. The van der Waals surface area contributed by atoms with Crippen LogP contribution in [0.15, 0.2) is 83.5 Å². The Kier molecular flexibility index (Phi) is 5.81. The van der Waals surface area contributed by atoms with Crippen LogP contribution in [0.5, 0.6) is 0 Å². The van der Waals surface area contributed by atoms with Crippen molar-refractivity contribution in [3.63, 3.8) is 0 Å². The lowest BCUT2D eigenvalue weighted by atomic mass is 9.68. The van der Waals surface area contributed by atoms with Crippen molar-refractivity contribution in [2.45, 2.75) is 90.4 Å². The third-order valence-electron chi connectivity index (χ3n) is 12.7. The van der Waals surface area contributed by atoms with E-state index in [-0.39, 0.29) is 0 Å². The van der Waals surface area contributed by atoms with Crippen molar-refractivity contribution in [3.05, 3.63) is 121 Å². The fourth-order valence-electron chi connectivity index (χ4n) is 10.3. The quantitative estimate of drug-likeness (QED) is 0.216. The van der Waals surface area contributed by atoms with E-state index in [0.717, 1.165) is 12.8 Å². The first-order valence-corrected chi connectivity index (χ1v) is 18.1. The highest BCUT2D eigenvalue weighted by atomic mass is 14.4. The predicted molar refractivity (Wildman–Crippen MR) is 196 cm³/mol. The second-order valence-corrected chi connectivity index (χ2v) is 16.2. The fourth-order valence-corrected chi connectivity index (χ4v) is 10.3. The Morgan fingerprint density at radius 2 is 1.39 bits per heavy atom. The van der Waals surface area contributed by atoms with Gasteiger partial charge in [-0.05, 0) is 168 Å². The lowest BCUT2D eigenvalue weighted by Gasteiger charge is -2.37. The minimum Gasteiger partial charge on any atom is -0.0760 e. The third-order valence-corrected chi connectivity index (χ3v) is 12.7. The molecule has 0 aliphatic heterocycles. The van der Waals surface area contributed by atoms with Crippen LogP contribution < -0.4 is 20.9 Å². The molecule has 228 valence electrons. The maximum Gasteiger partial charge on any atom is -0.00676 e. The summed E-state index contributed by atoms with van der Waals surface area (Å²) < 4.78 is 0. The molecule has 3 unspecified atom stereocenters. The minimum absolute atomic E-state index is 0.313. The zero-order valence-corrected chi connectivity index (χ0v) is 27.7. The highest BCUT2D eigenvalue weighted by Gasteiger charge is 2.33. The topological polar surface area (TPSA) is 0 Å². The first-order valence-electron chi connectivity index (χ1n) is 18.1. The first-order chi connectivity index (χ1) is 22.4. The lowest BCUT2D eigenvalue weighted by molar-refractivity contribution is 0.274. The molecule has 0 saturated heterocycles. The molecule has 6 aliphatic rings. The summed E-state index contributed by atoms with van der Waals surface area (Å²) in [4.78, 5) is 0. The van der Waals surface area contributed by atoms with Gasteiger partial charge in [0.1, 0.15) is 0 Å². The van der Waals surface area contributed by atoms with E-state index in [1.165, 1.54) is 82.3 Å². The van der Waals surface area contributed by atoms with Gasteiger partial charge in [-0.1, -0.05) is 106 Å². The summed E-state index contributed by atoms with van der Waals surface area (Å²) in [5.41, 5.74) is 13.1. The molecule has 0 heteroatoms. The molecule has 0 amide bonds.